The van der Waals surface area contributed by atoms with Gasteiger partial charge in [-0.05, 0) is 43.2 Å². The Balaban J connectivity index is 2.34. The highest BCUT2D eigenvalue weighted by atomic mass is 32.2. The van der Waals surface area contributed by atoms with Crippen molar-refractivity contribution in [3.8, 4) is 0 Å². The van der Waals surface area contributed by atoms with Crippen LogP contribution in [0.2, 0.25) is 0 Å². The summed E-state index contributed by atoms with van der Waals surface area (Å²) in [6.07, 6.45) is 0.518. The Bertz CT molecular complexity index is 614. The molecule has 1 unspecified atom stereocenters. The van der Waals surface area contributed by atoms with E-state index in [2.05, 4.69) is 0 Å². The maximum atomic E-state index is 13.9. The molecule has 2 aromatic carbocycles. The van der Waals surface area contributed by atoms with Crippen LogP contribution >= 0.6 is 11.8 Å². The summed E-state index contributed by atoms with van der Waals surface area (Å²) in [5.41, 5.74) is 6.50. The molecule has 0 heterocycles. The van der Waals surface area contributed by atoms with Gasteiger partial charge >= 0.3 is 0 Å². The van der Waals surface area contributed by atoms with Crippen LogP contribution in [0, 0.1) is 17.5 Å². The second kappa shape index (κ2) is 6.33. The highest BCUT2D eigenvalue weighted by molar-refractivity contribution is 7.99. The summed E-state index contributed by atoms with van der Waals surface area (Å²) < 4.78 is 40.0. The maximum Gasteiger partial charge on any atom is 0.159 e. The van der Waals surface area contributed by atoms with E-state index in [1.54, 1.807) is 12.1 Å². The van der Waals surface area contributed by atoms with Gasteiger partial charge in [0.15, 0.2) is 11.6 Å². The Morgan fingerprint density at radius 1 is 1.05 bits per heavy atom. The van der Waals surface area contributed by atoms with Crippen LogP contribution in [0.3, 0.4) is 0 Å². The van der Waals surface area contributed by atoms with Crippen LogP contribution in [0.15, 0.2) is 46.2 Å². The molecule has 0 saturated heterocycles. The molecule has 0 fully saturated rings. The summed E-state index contributed by atoms with van der Waals surface area (Å²) in [5, 5.41) is 0. The number of hydrogen-bond acceptors (Lipinski definition) is 2. The third kappa shape index (κ3) is 3.55. The zero-order valence-electron chi connectivity index (χ0n) is 10.9. The van der Waals surface area contributed by atoms with Gasteiger partial charge in [0.05, 0.1) is 4.90 Å². The quantitative estimate of drug-likeness (QED) is 0.917. The minimum Gasteiger partial charge on any atom is -0.328 e. The zero-order chi connectivity index (χ0) is 14.7. The highest BCUT2D eigenvalue weighted by Gasteiger charge is 2.13. The first-order valence-electron chi connectivity index (χ1n) is 6.13. The van der Waals surface area contributed by atoms with Crippen molar-refractivity contribution < 1.29 is 13.2 Å². The van der Waals surface area contributed by atoms with Gasteiger partial charge in [0, 0.05) is 10.9 Å². The summed E-state index contributed by atoms with van der Waals surface area (Å²) in [5.74, 6) is -2.25. The Morgan fingerprint density at radius 3 is 2.45 bits per heavy atom. The molecular weight excluding hydrogens is 283 g/mol. The second-order valence-corrected chi connectivity index (χ2v) is 5.67. The number of benzene rings is 2. The maximum absolute atomic E-state index is 13.9. The average molecular weight is 297 g/mol. The van der Waals surface area contributed by atoms with Crippen LogP contribution in [0.5, 0.6) is 0 Å². The van der Waals surface area contributed by atoms with Crippen molar-refractivity contribution in [1.29, 1.82) is 0 Å². The van der Waals surface area contributed by atoms with E-state index in [0.717, 1.165) is 29.5 Å². The molecule has 0 aliphatic heterocycles. The van der Waals surface area contributed by atoms with E-state index < -0.39 is 17.5 Å². The van der Waals surface area contributed by atoms with E-state index in [9.17, 15) is 13.2 Å². The van der Waals surface area contributed by atoms with E-state index in [1.165, 1.54) is 12.1 Å². The molecule has 0 bridgehead atoms. The number of hydrogen-bond donors (Lipinski definition) is 1. The molecule has 0 aromatic heterocycles. The second-order valence-electron chi connectivity index (χ2n) is 4.59. The predicted molar refractivity (Wildman–Crippen MR) is 74.2 cm³/mol. The van der Waals surface area contributed by atoms with Crippen molar-refractivity contribution >= 4 is 11.8 Å². The van der Waals surface area contributed by atoms with Crippen molar-refractivity contribution in [2.45, 2.75) is 29.2 Å². The largest absolute Gasteiger partial charge is 0.328 e. The Kier molecular flexibility index (Phi) is 4.73. The molecular formula is C15H14F3NS. The summed E-state index contributed by atoms with van der Waals surface area (Å²) in [6, 6.07) is 8.14. The summed E-state index contributed by atoms with van der Waals surface area (Å²) >= 11 is 1.07. The summed E-state index contributed by atoms with van der Waals surface area (Å²) in [6.45, 7) is 1.83. The molecule has 20 heavy (non-hydrogen) atoms. The van der Waals surface area contributed by atoms with E-state index in [-0.39, 0.29) is 6.04 Å². The van der Waals surface area contributed by atoms with Crippen molar-refractivity contribution in [3.05, 3.63) is 59.4 Å². The number of rotatable bonds is 4. The fraction of sp³-hybridized carbons (Fsp3) is 0.200. The Hall–Kier alpha value is -1.46. The molecule has 1 atom stereocenters. The topological polar surface area (TPSA) is 26.0 Å². The standard InChI is InChI=1S/C15H14F3NS/c1-9(19)7-10-3-2-4-13(17)15(10)20-11-5-6-12(16)14(18)8-11/h2-6,8-9H,7,19H2,1H3. The predicted octanol–water partition coefficient (Wildman–Crippen LogP) is 4.14. The van der Waals surface area contributed by atoms with Crippen LogP contribution in [-0.2, 0) is 6.42 Å². The van der Waals surface area contributed by atoms with Crippen LogP contribution in [0.25, 0.3) is 0 Å². The van der Waals surface area contributed by atoms with Gasteiger partial charge in [0.1, 0.15) is 5.82 Å². The van der Waals surface area contributed by atoms with Gasteiger partial charge in [-0.2, -0.15) is 0 Å². The molecule has 0 amide bonds. The third-order valence-electron chi connectivity index (χ3n) is 2.70. The van der Waals surface area contributed by atoms with Gasteiger partial charge in [0.2, 0.25) is 0 Å². The smallest absolute Gasteiger partial charge is 0.159 e. The molecule has 106 valence electrons. The van der Waals surface area contributed by atoms with Crippen molar-refractivity contribution in [2.24, 2.45) is 5.73 Å². The highest BCUT2D eigenvalue weighted by Crippen LogP contribution is 2.33. The normalized spacial score (nSPS) is 12.4. The fourth-order valence-corrected chi connectivity index (χ4v) is 2.82. The molecule has 2 rings (SSSR count). The van der Waals surface area contributed by atoms with Crippen molar-refractivity contribution in [3.63, 3.8) is 0 Å². The third-order valence-corrected chi connectivity index (χ3v) is 3.85. The van der Waals surface area contributed by atoms with E-state index >= 15 is 0 Å². The van der Waals surface area contributed by atoms with Gasteiger partial charge in [-0.15, -0.1) is 0 Å². The van der Waals surface area contributed by atoms with E-state index in [1.807, 2.05) is 6.92 Å². The van der Waals surface area contributed by atoms with Gasteiger partial charge in [-0.25, -0.2) is 13.2 Å². The SMILES string of the molecule is CC(N)Cc1cccc(F)c1Sc1ccc(F)c(F)c1. The first-order valence-corrected chi connectivity index (χ1v) is 6.95. The van der Waals surface area contributed by atoms with Gasteiger partial charge in [-0.1, -0.05) is 23.9 Å². The lowest BCUT2D eigenvalue weighted by Crippen LogP contribution is -2.18. The van der Waals surface area contributed by atoms with Gasteiger partial charge in [0.25, 0.3) is 0 Å². The summed E-state index contributed by atoms with van der Waals surface area (Å²) in [4.78, 5) is 0.843. The lowest BCUT2D eigenvalue weighted by molar-refractivity contribution is 0.506. The van der Waals surface area contributed by atoms with Crippen LogP contribution in [0.4, 0.5) is 13.2 Å². The molecule has 1 nitrogen and oxygen atoms in total. The molecule has 2 N–H and O–H groups in total. The molecule has 2 aromatic rings. The van der Waals surface area contributed by atoms with Crippen LogP contribution < -0.4 is 5.73 Å². The molecule has 0 spiro atoms. The lowest BCUT2D eigenvalue weighted by Gasteiger charge is -2.12. The average Bonchev–Trinajstić information content (AvgIpc) is 2.37. The zero-order valence-corrected chi connectivity index (χ0v) is 11.7. The molecule has 0 saturated carbocycles. The Labute approximate surface area is 120 Å². The molecule has 5 heteroatoms. The van der Waals surface area contributed by atoms with Gasteiger partial charge < -0.3 is 5.73 Å². The molecule has 0 radical (unpaired) electrons. The summed E-state index contributed by atoms with van der Waals surface area (Å²) in [7, 11) is 0. The molecule has 0 aliphatic rings. The first-order chi connectivity index (χ1) is 9.47. The van der Waals surface area contributed by atoms with Crippen LogP contribution in [0.1, 0.15) is 12.5 Å². The Morgan fingerprint density at radius 2 is 1.80 bits per heavy atom. The minimum absolute atomic E-state index is 0.110. The molecule has 0 aliphatic carbocycles. The van der Waals surface area contributed by atoms with Crippen molar-refractivity contribution in [1.82, 2.24) is 0 Å². The van der Waals surface area contributed by atoms with E-state index in [0.29, 0.717) is 16.2 Å². The van der Waals surface area contributed by atoms with Crippen molar-refractivity contribution in [2.75, 3.05) is 0 Å². The lowest BCUT2D eigenvalue weighted by atomic mass is 10.1. The van der Waals surface area contributed by atoms with Crippen LogP contribution in [-0.4, -0.2) is 6.04 Å². The fourth-order valence-electron chi connectivity index (χ4n) is 1.83. The number of halogens is 3. The number of nitrogens with two attached hydrogens (primary N) is 1. The van der Waals surface area contributed by atoms with Gasteiger partial charge in [-0.3, -0.25) is 0 Å². The van der Waals surface area contributed by atoms with E-state index in [4.69, 9.17) is 5.73 Å². The first kappa shape index (κ1) is 14.9. The monoisotopic (exact) mass is 297 g/mol. The minimum atomic E-state index is -0.944.